The number of benzene rings is 1. The van der Waals surface area contributed by atoms with E-state index in [1.807, 2.05) is 29.2 Å². The summed E-state index contributed by atoms with van der Waals surface area (Å²) in [4.78, 5) is 17.4. The van der Waals surface area contributed by atoms with Crippen LogP contribution in [-0.4, -0.2) is 42.3 Å². The van der Waals surface area contributed by atoms with Crippen LogP contribution in [0.2, 0.25) is 0 Å². The lowest BCUT2D eigenvalue weighted by Crippen LogP contribution is -2.37. The molecule has 1 aliphatic rings. The van der Waals surface area contributed by atoms with Gasteiger partial charge in [0.1, 0.15) is 11.5 Å². The molecule has 33 heavy (non-hydrogen) atoms. The lowest BCUT2D eigenvalue weighted by atomic mass is 9.91. The molecule has 1 aromatic carbocycles. The van der Waals surface area contributed by atoms with Crippen LogP contribution in [0.3, 0.4) is 0 Å². The van der Waals surface area contributed by atoms with Crippen molar-refractivity contribution in [2.45, 2.75) is 47.2 Å². The Labute approximate surface area is 195 Å². The van der Waals surface area contributed by atoms with Crippen LogP contribution in [0.1, 0.15) is 44.1 Å². The van der Waals surface area contributed by atoms with Gasteiger partial charge >= 0.3 is 0 Å². The highest BCUT2D eigenvalue weighted by Gasteiger charge is 2.29. The number of furan rings is 1. The first-order valence-corrected chi connectivity index (χ1v) is 11.5. The molecular weight excluding hydrogens is 418 g/mol. The molecule has 4 rings (SSSR count). The minimum absolute atomic E-state index is 0.0724. The van der Waals surface area contributed by atoms with Crippen molar-refractivity contribution in [2.75, 3.05) is 31.2 Å². The standard InChI is InChI=1S/C26H33N3O4/c1-19-7-5-8-20(15-19)24-22(25(33-27-24)28-10-13-31-14-11-28)18-29(17-21-9-6-12-32-21)23(30)16-26(2,3)4/h5-9,12,15H,10-11,13-14,16-18H2,1-4H3. The van der Waals surface area contributed by atoms with Gasteiger partial charge in [-0.25, -0.2) is 0 Å². The lowest BCUT2D eigenvalue weighted by Gasteiger charge is -2.29. The maximum absolute atomic E-state index is 13.4. The van der Waals surface area contributed by atoms with Crippen molar-refractivity contribution in [1.29, 1.82) is 0 Å². The van der Waals surface area contributed by atoms with Gasteiger partial charge < -0.3 is 23.5 Å². The number of rotatable bonds is 7. The third-order valence-corrected chi connectivity index (χ3v) is 5.67. The van der Waals surface area contributed by atoms with E-state index < -0.39 is 0 Å². The van der Waals surface area contributed by atoms with Gasteiger partial charge in [-0.15, -0.1) is 0 Å². The van der Waals surface area contributed by atoms with E-state index in [1.54, 1.807) is 6.26 Å². The fourth-order valence-electron chi connectivity index (χ4n) is 4.06. The van der Waals surface area contributed by atoms with E-state index in [4.69, 9.17) is 13.7 Å². The summed E-state index contributed by atoms with van der Waals surface area (Å²) in [6, 6.07) is 11.9. The second kappa shape index (κ2) is 9.83. The van der Waals surface area contributed by atoms with Gasteiger partial charge in [-0.3, -0.25) is 4.79 Å². The van der Waals surface area contributed by atoms with Crippen molar-refractivity contribution in [3.05, 3.63) is 59.5 Å². The molecule has 2 aromatic heterocycles. The molecule has 0 saturated carbocycles. The van der Waals surface area contributed by atoms with E-state index in [2.05, 4.69) is 49.9 Å². The van der Waals surface area contributed by atoms with Gasteiger partial charge in [0.05, 0.1) is 38.1 Å². The maximum Gasteiger partial charge on any atom is 0.233 e. The van der Waals surface area contributed by atoms with Crippen molar-refractivity contribution in [2.24, 2.45) is 5.41 Å². The van der Waals surface area contributed by atoms with Gasteiger partial charge in [-0.1, -0.05) is 49.7 Å². The Morgan fingerprint density at radius 2 is 1.91 bits per heavy atom. The predicted octanol–water partition coefficient (Wildman–Crippen LogP) is 5.04. The third kappa shape index (κ3) is 5.85. The number of amides is 1. The number of carbonyl (C=O) groups excluding carboxylic acids is 1. The monoisotopic (exact) mass is 451 g/mol. The quantitative estimate of drug-likeness (QED) is 0.501. The molecule has 0 aliphatic carbocycles. The number of aromatic nitrogens is 1. The Bertz CT molecular complexity index is 1060. The van der Waals surface area contributed by atoms with Gasteiger partial charge in [0, 0.05) is 25.1 Å². The molecule has 0 unspecified atom stereocenters. The van der Waals surface area contributed by atoms with Crippen molar-refractivity contribution in [1.82, 2.24) is 10.1 Å². The van der Waals surface area contributed by atoms with Gasteiger partial charge in [0.15, 0.2) is 0 Å². The van der Waals surface area contributed by atoms with Crippen molar-refractivity contribution < 1.29 is 18.5 Å². The largest absolute Gasteiger partial charge is 0.467 e. The second-order valence-corrected chi connectivity index (χ2v) is 9.85. The lowest BCUT2D eigenvalue weighted by molar-refractivity contribution is -0.134. The maximum atomic E-state index is 13.4. The second-order valence-electron chi connectivity index (χ2n) is 9.85. The minimum Gasteiger partial charge on any atom is -0.467 e. The Morgan fingerprint density at radius 1 is 1.12 bits per heavy atom. The van der Waals surface area contributed by atoms with Crippen molar-refractivity contribution in [3.63, 3.8) is 0 Å². The molecule has 7 heteroatoms. The molecule has 1 saturated heterocycles. The topological polar surface area (TPSA) is 72.0 Å². The Kier molecular flexibility index (Phi) is 6.88. The Hall–Kier alpha value is -3.06. The van der Waals surface area contributed by atoms with E-state index in [-0.39, 0.29) is 11.3 Å². The first-order chi connectivity index (χ1) is 15.8. The predicted molar refractivity (Wildman–Crippen MR) is 127 cm³/mol. The Morgan fingerprint density at radius 3 is 2.58 bits per heavy atom. The summed E-state index contributed by atoms with van der Waals surface area (Å²) in [6.07, 6.45) is 2.07. The molecule has 176 valence electrons. The first-order valence-electron chi connectivity index (χ1n) is 11.5. The number of hydrogen-bond donors (Lipinski definition) is 0. The van der Waals surface area contributed by atoms with Crippen molar-refractivity contribution >= 4 is 11.8 Å². The van der Waals surface area contributed by atoms with Gasteiger partial charge in [-0.05, 0) is 30.5 Å². The average molecular weight is 452 g/mol. The molecule has 7 nitrogen and oxygen atoms in total. The SMILES string of the molecule is Cc1cccc(-c2noc(N3CCOCC3)c2CN(Cc2ccco2)C(=O)CC(C)(C)C)c1. The van der Waals surface area contributed by atoms with Crippen LogP contribution in [0, 0.1) is 12.3 Å². The molecule has 0 bridgehead atoms. The molecule has 3 heterocycles. The van der Waals surface area contributed by atoms with Crippen LogP contribution < -0.4 is 4.90 Å². The average Bonchev–Trinajstić information content (AvgIpc) is 3.43. The number of hydrogen-bond acceptors (Lipinski definition) is 6. The van der Waals surface area contributed by atoms with Gasteiger partial charge in [0.2, 0.25) is 11.8 Å². The molecular formula is C26H33N3O4. The van der Waals surface area contributed by atoms with Crippen LogP contribution >= 0.6 is 0 Å². The van der Waals surface area contributed by atoms with Crippen LogP contribution in [0.4, 0.5) is 5.88 Å². The van der Waals surface area contributed by atoms with E-state index in [9.17, 15) is 4.79 Å². The fraction of sp³-hybridized carbons (Fsp3) is 0.462. The molecule has 0 radical (unpaired) electrons. The zero-order valence-electron chi connectivity index (χ0n) is 20.0. The normalized spacial score (nSPS) is 14.5. The zero-order valence-corrected chi connectivity index (χ0v) is 20.0. The van der Waals surface area contributed by atoms with Crippen LogP contribution in [0.25, 0.3) is 11.3 Å². The summed E-state index contributed by atoms with van der Waals surface area (Å²) in [5.41, 5.74) is 3.68. The van der Waals surface area contributed by atoms with E-state index in [1.165, 1.54) is 0 Å². The fourth-order valence-corrected chi connectivity index (χ4v) is 4.06. The van der Waals surface area contributed by atoms with Gasteiger partial charge in [0.25, 0.3) is 0 Å². The number of nitrogens with zero attached hydrogens (tertiary/aromatic N) is 3. The molecule has 0 N–H and O–H groups in total. The molecule has 1 aliphatic heterocycles. The molecule has 0 spiro atoms. The van der Waals surface area contributed by atoms with E-state index in [0.29, 0.717) is 38.6 Å². The van der Waals surface area contributed by atoms with Crippen LogP contribution in [0.5, 0.6) is 0 Å². The molecule has 1 fully saturated rings. The number of carbonyl (C=O) groups is 1. The Balaban J connectivity index is 1.72. The number of morpholine rings is 1. The highest BCUT2D eigenvalue weighted by molar-refractivity contribution is 5.78. The zero-order chi connectivity index (χ0) is 23.4. The summed E-state index contributed by atoms with van der Waals surface area (Å²) in [5, 5.41) is 4.47. The third-order valence-electron chi connectivity index (χ3n) is 5.67. The number of aryl methyl sites for hydroxylation is 1. The molecule has 0 atom stereocenters. The summed E-state index contributed by atoms with van der Waals surface area (Å²) in [5.74, 6) is 1.53. The summed E-state index contributed by atoms with van der Waals surface area (Å²) in [7, 11) is 0. The van der Waals surface area contributed by atoms with Crippen LogP contribution in [0.15, 0.2) is 51.6 Å². The number of ether oxygens (including phenoxy) is 1. The minimum atomic E-state index is -0.125. The smallest absolute Gasteiger partial charge is 0.233 e. The van der Waals surface area contributed by atoms with E-state index in [0.717, 1.165) is 41.2 Å². The van der Waals surface area contributed by atoms with Gasteiger partial charge in [-0.2, -0.15) is 0 Å². The highest BCUT2D eigenvalue weighted by atomic mass is 16.5. The summed E-state index contributed by atoms with van der Waals surface area (Å²) < 4.78 is 17.0. The highest BCUT2D eigenvalue weighted by Crippen LogP contribution is 2.34. The van der Waals surface area contributed by atoms with Crippen molar-refractivity contribution in [3.8, 4) is 11.3 Å². The molecule has 3 aromatic rings. The summed E-state index contributed by atoms with van der Waals surface area (Å²) in [6.45, 7) is 11.8. The molecule has 1 amide bonds. The number of anilines is 1. The van der Waals surface area contributed by atoms with E-state index >= 15 is 0 Å². The van der Waals surface area contributed by atoms with Crippen LogP contribution in [-0.2, 0) is 22.6 Å². The summed E-state index contributed by atoms with van der Waals surface area (Å²) >= 11 is 0. The first kappa shape index (κ1) is 23.1.